The maximum absolute atomic E-state index is 13.1. The fraction of sp³-hybridized carbons (Fsp3) is 0.667. The van der Waals surface area contributed by atoms with Crippen molar-refractivity contribution in [2.75, 3.05) is 12.0 Å². The lowest BCUT2D eigenvalue weighted by atomic mass is 10.1. The summed E-state index contributed by atoms with van der Waals surface area (Å²) in [4.78, 5) is 34.4. The van der Waals surface area contributed by atoms with Crippen LogP contribution in [0.25, 0.3) is 0 Å². The first kappa shape index (κ1) is 13.0. The number of hydrogen-bond donors (Lipinski definition) is 1. The van der Waals surface area contributed by atoms with Crippen LogP contribution in [0.3, 0.4) is 0 Å². The Kier molecular flexibility index (Phi) is 4.28. The summed E-state index contributed by atoms with van der Waals surface area (Å²) in [6.07, 6.45) is 0.197. The Balaban J connectivity index is 2.74. The number of hydrogen-bond acceptors (Lipinski definition) is 4. The number of amides is 4. The molecule has 90 valence electrons. The van der Waals surface area contributed by atoms with Crippen molar-refractivity contribution in [1.29, 1.82) is 0 Å². The minimum Gasteiger partial charge on any atom is -0.275 e. The van der Waals surface area contributed by atoms with Crippen LogP contribution < -0.4 is 5.32 Å². The highest BCUT2D eigenvalue weighted by molar-refractivity contribution is 7.98. The number of nitrogens with one attached hydrogen (secondary N) is 1. The Morgan fingerprint density at radius 1 is 1.50 bits per heavy atom. The normalized spacial score (nSPS) is 23.3. The van der Waals surface area contributed by atoms with E-state index in [4.69, 9.17) is 0 Å². The largest absolute Gasteiger partial charge is 0.331 e. The molecule has 4 amide bonds. The third-order valence-electron chi connectivity index (χ3n) is 2.31. The van der Waals surface area contributed by atoms with Crippen LogP contribution in [0.5, 0.6) is 0 Å². The highest BCUT2D eigenvalue weighted by Gasteiger charge is 2.42. The zero-order chi connectivity index (χ0) is 12.3. The van der Waals surface area contributed by atoms with Crippen LogP contribution in [0.2, 0.25) is 0 Å². The first-order valence-corrected chi connectivity index (χ1v) is 6.19. The zero-order valence-corrected chi connectivity index (χ0v) is 9.84. The Labute approximate surface area is 96.7 Å². The Hall–Kier alpha value is -1.11. The molecule has 7 heteroatoms. The lowest BCUT2D eigenvalue weighted by Crippen LogP contribution is -2.61. The van der Waals surface area contributed by atoms with Crippen LogP contribution in [-0.4, -0.2) is 47.0 Å². The molecule has 0 aromatic carbocycles. The average molecular weight is 248 g/mol. The molecular formula is C9H13FN2O3S. The molecule has 0 aliphatic carbocycles. The van der Waals surface area contributed by atoms with Crippen LogP contribution in [0.4, 0.5) is 9.18 Å². The predicted octanol–water partition coefficient (Wildman–Crippen LogP) is 0.544. The van der Waals surface area contributed by atoms with Crippen molar-refractivity contribution in [3.05, 3.63) is 0 Å². The molecule has 1 heterocycles. The van der Waals surface area contributed by atoms with Crippen molar-refractivity contribution in [2.24, 2.45) is 0 Å². The summed E-state index contributed by atoms with van der Waals surface area (Å²) < 4.78 is 13.1. The summed E-state index contributed by atoms with van der Waals surface area (Å²) in [6.45, 7) is 1.65. The van der Waals surface area contributed by atoms with E-state index in [9.17, 15) is 18.8 Å². The summed E-state index contributed by atoms with van der Waals surface area (Å²) in [5, 5.41) is 1.81. The second-order valence-electron chi connectivity index (χ2n) is 3.50. The van der Waals surface area contributed by atoms with Gasteiger partial charge >= 0.3 is 6.03 Å². The first-order chi connectivity index (χ1) is 7.49. The topological polar surface area (TPSA) is 66.5 Å². The number of nitrogens with zero attached hydrogens (tertiary/aromatic N) is 1. The molecule has 0 saturated carbocycles. The molecule has 1 rings (SSSR count). The molecule has 0 aromatic rings. The van der Waals surface area contributed by atoms with Crippen LogP contribution in [0.1, 0.15) is 13.3 Å². The standard InChI is InChI=1S/C9H13FN2O3S/c1-5(3-4-16-2)12-8(14)6(10)7(13)11-9(12)15/h5-6H,3-4H2,1-2H3,(H,11,13,15). The third kappa shape index (κ3) is 2.52. The SMILES string of the molecule is CSCCC(C)N1C(=O)NC(=O)C(F)C1=O. The van der Waals surface area contributed by atoms with Crippen LogP contribution in [0, 0.1) is 0 Å². The maximum atomic E-state index is 13.1. The quantitative estimate of drug-likeness (QED) is 0.738. The van der Waals surface area contributed by atoms with Gasteiger partial charge in [0.25, 0.3) is 18.0 Å². The van der Waals surface area contributed by atoms with E-state index in [1.54, 1.807) is 18.7 Å². The molecular weight excluding hydrogens is 235 g/mol. The van der Waals surface area contributed by atoms with Gasteiger partial charge in [0.2, 0.25) is 0 Å². The maximum Gasteiger partial charge on any atom is 0.331 e. The second kappa shape index (κ2) is 5.29. The molecule has 1 saturated heterocycles. The van der Waals surface area contributed by atoms with Gasteiger partial charge in [0, 0.05) is 6.04 Å². The van der Waals surface area contributed by atoms with E-state index in [2.05, 4.69) is 0 Å². The van der Waals surface area contributed by atoms with Gasteiger partial charge in [0.15, 0.2) is 0 Å². The number of carbonyl (C=O) groups excluding carboxylic acids is 3. The average Bonchev–Trinajstić information content (AvgIpc) is 2.23. The molecule has 16 heavy (non-hydrogen) atoms. The van der Waals surface area contributed by atoms with Gasteiger partial charge in [-0.05, 0) is 25.4 Å². The van der Waals surface area contributed by atoms with Gasteiger partial charge in [0.1, 0.15) is 0 Å². The monoisotopic (exact) mass is 248 g/mol. The lowest BCUT2D eigenvalue weighted by molar-refractivity contribution is -0.145. The molecule has 0 bridgehead atoms. The molecule has 1 aliphatic rings. The summed E-state index contributed by atoms with van der Waals surface area (Å²) in [5.41, 5.74) is 0. The minimum absolute atomic E-state index is 0.411. The fourth-order valence-corrected chi connectivity index (χ4v) is 1.98. The molecule has 5 nitrogen and oxygen atoms in total. The van der Waals surface area contributed by atoms with Crippen molar-refractivity contribution in [1.82, 2.24) is 10.2 Å². The number of alkyl halides is 1. The predicted molar refractivity (Wildman–Crippen MR) is 57.7 cm³/mol. The van der Waals surface area contributed by atoms with Gasteiger partial charge in [-0.3, -0.25) is 19.8 Å². The first-order valence-electron chi connectivity index (χ1n) is 4.80. The van der Waals surface area contributed by atoms with Crippen LogP contribution >= 0.6 is 11.8 Å². The van der Waals surface area contributed by atoms with Gasteiger partial charge in [-0.15, -0.1) is 0 Å². The summed E-state index contributed by atoms with van der Waals surface area (Å²) >= 11 is 1.57. The highest BCUT2D eigenvalue weighted by Crippen LogP contribution is 2.14. The molecule has 0 radical (unpaired) electrons. The number of barbiturate groups is 1. The van der Waals surface area contributed by atoms with Gasteiger partial charge in [-0.25, -0.2) is 9.18 Å². The second-order valence-corrected chi connectivity index (χ2v) is 4.48. The van der Waals surface area contributed by atoms with Gasteiger partial charge < -0.3 is 0 Å². The Morgan fingerprint density at radius 3 is 2.69 bits per heavy atom. The molecule has 2 atom stereocenters. The highest BCUT2D eigenvalue weighted by atomic mass is 32.2. The van der Waals surface area contributed by atoms with E-state index in [1.165, 1.54) is 0 Å². The number of carbonyl (C=O) groups is 3. The van der Waals surface area contributed by atoms with Crippen molar-refractivity contribution in [3.63, 3.8) is 0 Å². The molecule has 1 aliphatic heterocycles. The van der Waals surface area contributed by atoms with Crippen molar-refractivity contribution < 1.29 is 18.8 Å². The van der Waals surface area contributed by atoms with Gasteiger partial charge in [-0.2, -0.15) is 11.8 Å². The van der Waals surface area contributed by atoms with Crippen molar-refractivity contribution >= 4 is 29.6 Å². The van der Waals surface area contributed by atoms with Gasteiger partial charge in [-0.1, -0.05) is 0 Å². The molecule has 0 aromatic heterocycles. The van der Waals surface area contributed by atoms with E-state index in [1.807, 2.05) is 11.6 Å². The van der Waals surface area contributed by atoms with Crippen molar-refractivity contribution in [3.8, 4) is 0 Å². The lowest BCUT2D eigenvalue weighted by Gasteiger charge is -2.31. The van der Waals surface area contributed by atoms with E-state index < -0.39 is 30.1 Å². The molecule has 0 spiro atoms. The molecule has 1 fully saturated rings. The number of urea groups is 1. The zero-order valence-electron chi connectivity index (χ0n) is 9.03. The summed E-state index contributed by atoms with van der Waals surface area (Å²) in [6, 6.07) is -1.25. The van der Waals surface area contributed by atoms with Crippen molar-refractivity contribution in [2.45, 2.75) is 25.6 Å². The number of thioether (sulfide) groups is 1. The van der Waals surface area contributed by atoms with E-state index in [0.717, 1.165) is 10.7 Å². The number of imide groups is 2. The van der Waals surface area contributed by atoms with E-state index >= 15 is 0 Å². The summed E-state index contributed by atoms with van der Waals surface area (Å²) in [5.74, 6) is -1.49. The van der Waals surface area contributed by atoms with Gasteiger partial charge in [0.05, 0.1) is 0 Å². The fourth-order valence-electron chi connectivity index (χ4n) is 1.40. The number of halogens is 1. The molecule has 2 unspecified atom stereocenters. The Morgan fingerprint density at radius 2 is 2.12 bits per heavy atom. The Bertz CT molecular complexity index is 324. The van der Waals surface area contributed by atoms with Crippen LogP contribution in [0.15, 0.2) is 0 Å². The van der Waals surface area contributed by atoms with E-state index in [-0.39, 0.29) is 0 Å². The third-order valence-corrected chi connectivity index (χ3v) is 2.96. The minimum atomic E-state index is -2.27. The van der Waals surface area contributed by atoms with E-state index in [0.29, 0.717) is 6.42 Å². The smallest absolute Gasteiger partial charge is 0.275 e. The number of rotatable bonds is 4. The van der Waals surface area contributed by atoms with Crippen LogP contribution in [-0.2, 0) is 9.59 Å². The molecule has 1 N–H and O–H groups in total. The summed E-state index contributed by atoms with van der Waals surface area (Å²) in [7, 11) is 0.